The molecule has 0 aromatic carbocycles. The van der Waals surface area contributed by atoms with Crippen LogP contribution in [0.3, 0.4) is 0 Å². The summed E-state index contributed by atoms with van der Waals surface area (Å²) in [6.07, 6.45) is 9.20. The van der Waals surface area contributed by atoms with Crippen LogP contribution in [0.1, 0.15) is 72.1 Å². The molecule has 3 nitrogen and oxygen atoms in total. The highest BCUT2D eigenvalue weighted by Gasteiger charge is 2.13. The zero-order chi connectivity index (χ0) is 14.5. The Morgan fingerprint density at radius 3 is 2.32 bits per heavy atom. The fourth-order valence-corrected chi connectivity index (χ4v) is 2.40. The largest absolute Gasteiger partial charge is 0.356 e. The highest BCUT2D eigenvalue weighted by Crippen LogP contribution is 2.14. The lowest BCUT2D eigenvalue weighted by Gasteiger charge is -2.16. The summed E-state index contributed by atoms with van der Waals surface area (Å²) in [6.45, 7) is 8.02. The van der Waals surface area contributed by atoms with Gasteiger partial charge in [0.1, 0.15) is 0 Å². The third kappa shape index (κ3) is 12.2. The molecule has 0 unspecified atom stereocenters. The summed E-state index contributed by atoms with van der Waals surface area (Å²) in [5, 5.41) is 3.02. The van der Waals surface area contributed by atoms with E-state index in [2.05, 4.69) is 26.1 Å². The van der Waals surface area contributed by atoms with E-state index in [9.17, 15) is 4.79 Å². The zero-order valence-electron chi connectivity index (χ0n) is 13.2. The summed E-state index contributed by atoms with van der Waals surface area (Å²) in [6, 6.07) is 0. The van der Waals surface area contributed by atoms with E-state index >= 15 is 0 Å². The van der Waals surface area contributed by atoms with Gasteiger partial charge in [0.2, 0.25) is 5.91 Å². The van der Waals surface area contributed by atoms with Crippen LogP contribution in [0.25, 0.3) is 0 Å². The summed E-state index contributed by atoms with van der Waals surface area (Å²) in [5.41, 5.74) is 5.71. The highest BCUT2D eigenvalue weighted by molar-refractivity contribution is 5.76. The summed E-state index contributed by atoms with van der Waals surface area (Å²) < 4.78 is 0. The molecule has 0 spiro atoms. The normalized spacial score (nSPS) is 12.7. The molecule has 0 heterocycles. The lowest BCUT2D eigenvalue weighted by Crippen LogP contribution is -2.29. The van der Waals surface area contributed by atoms with Crippen LogP contribution >= 0.6 is 0 Å². The molecule has 114 valence electrons. The molecule has 1 amide bonds. The van der Waals surface area contributed by atoms with Gasteiger partial charge in [0.25, 0.3) is 0 Å². The van der Waals surface area contributed by atoms with Gasteiger partial charge in [0.05, 0.1) is 0 Å². The molecule has 0 fully saturated rings. The van der Waals surface area contributed by atoms with Crippen LogP contribution in [0.5, 0.6) is 0 Å². The Hall–Kier alpha value is -0.570. The number of carbonyl (C=O) groups excluding carboxylic acids is 1. The Kier molecular flexibility index (Phi) is 12.1. The van der Waals surface area contributed by atoms with E-state index in [4.69, 9.17) is 5.73 Å². The number of hydrogen-bond acceptors (Lipinski definition) is 2. The average Bonchev–Trinajstić information content (AvgIpc) is 2.36. The quantitative estimate of drug-likeness (QED) is 0.533. The van der Waals surface area contributed by atoms with E-state index in [0.717, 1.165) is 19.4 Å². The molecule has 0 aliphatic heterocycles. The predicted octanol–water partition coefficient (Wildman–Crippen LogP) is 3.47. The maximum Gasteiger partial charge on any atom is 0.220 e. The lowest BCUT2D eigenvalue weighted by molar-refractivity contribution is -0.122. The second-order valence-corrected chi connectivity index (χ2v) is 6.05. The summed E-state index contributed by atoms with van der Waals surface area (Å²) in [4.78, 5) is 11.8. The van der Waals surface area contributed by atoms with E-state index in [-0.39, 0.29) is 5.91 Å². The first-order valence-corrected chi connectivity index (χ1v) is 8.06. The fraction of sp³-hybridized carbons (Fsp3) is 0.938. The van der Waals surface area contributed by atoms with Crippen LogP contribution in [0.15, 0.2) is 0 Å². The standard InChI is InChI=1S/C16H34N2O/c1-4-5-6-7-8-9-10-18-16(19)12-15(13-17)11-14(2)3/h14-15H,4-13,17H2,1-3H3,(H,18,19)/t15-/m0/s1. The fourth-order valence-electron chi connectivity index (χ4n) is 2.40. The van der Waals surface area contributed by atoms with Gasteiger partial charge < -0.3 is 11.1 Å². The van der Waals surface area contributed by atoms with Crippen LogP contribution < -0.4 is 11.1 Å². The number of carbonyl (C=O) groups is 1. The monoisotopic (exact) mass is 270 g/mol. The van der Waals surface area contributed by atoms with Crippen molar-refractivity contribution in [2.24, 2.45) is 17.6 Å². The van der Waals surface area contributed by atoms with E-state index in [1.165, 1.54) is 32.1 Å². The Balaban J connectivity index is 3.52. The second-order valence-electron chi connectivity index (χ2n) is 6.05. The van der Waals surface area contributed by atoms with Crippen molar-refractivity contribution in [1.29, 1.82) is 0 Å². The highest BCUT2D eigenvalue weighted by atomic mass is 16.1. The molecule has 0 aromatic rings. The molecule has 0 aromatic heterocycles. The van der Waals surface area contributed by atoms with Crippen molar-refractivity contribution in [3.05, 3.63) is 0 Å². The lowest BCUT2D eigenvalue weighted by atomic mass is 9.94. The minimum absolute atomic E-state index is 0.171. The average molecular weight is 270 g/mol. The Morgan fingerprint density at radius 2 is 1.74 bits per heavy atom. The van der Waals surface area contributed by atoms with Gasteiger partial charge in [-0.15, -0.1) is 0 Å². The molecular formula is C16H34N2O. The molecule has 0 bridgehead atoms. The summed E-state index contributed by atoms with van der Waals surface area (Å²) >= 11 is 0. The molecule has 3 N–H and O–H groups in total. The third-order valence-corrected chi connectivity index (χ3v) is 3.46. The summed E-state index contributed by atoms with van der Waals surface area (Å²) in [7, 11) is 0. The first-order chi connectivity index (χ1) is 9.10. The van der Waals surface area contributed by atoms with Crippen LogP contribution in [-0.2, 0) is 4.79 Å². The molecule has 19 heavy (non-hydrogen) atoms. The van der Waals surface area contributed by atoms with Gasteiger partial charge in [-0.1, -0.05) is 52.9 Å². The molecule has 0 radical (unpaired) electrons. The Bertz CT molecular complexity index is 217. The predicted molar refractivity (Wildman–Crippen MR) is 83.0 cm³/mol. The topological polar surface area (TPSA) is 55.1 Å². The first-order valence-electron chi connectivity index (χ1n) is 8.06. The van der Waals surface area contributed by atoms with Crippen molar-refractivity contribution in [1.82, 2.24) is 5.32 Å². The number of unbranched alkanes of at least 4 members (excludes halogenated alkanes) is 5. The first kappa shape index (κ1) is 18.4. The maximum absolute atomic E-state index is 11.8. The minimum Gasteiger partial charge on any atom is -0.356 e. The van der Waals surface area contributed by atoms with Crippen LogP contribution in [0.4, 0.5) is 0 Å². The van der Waals surface area contributed by atoms with Crippen molar-refractivity contribution < 1.29 is 4.79 Å². The third-order valence-electron chi connectivity index (χ3n) is 3.46. The minimum atomic E-state index is 0.171. The van der Waals surface area contributed by atoms with Gasteiger partial charge in [-0.3, -0.25) is 4.79 Å². The zero-order valence-corrected chi connectivity index (χ0v) is 13.2. The number of hydrogen-bond donors (Lipinski definition) is 2. The van der Waals surface area contributed by atoms with Crippen molar-refractivity contribution >= 4 is 5.91 Å². The molecule has 0 aliphatic carbocycles. The molecule has 0 rings (SSSR count). The van der Waals surface area contributed by atoms with E-state index in [0.29, 0.717) is 24.8 Å². The van der Waals surface area contributed by atoms with Gasteiger partial charge in [-0.2, -0.15) is 0 Å². The number of amides is 1. The van der Waals surface area contributed by atoms with E-state index in [1.807, 2.05) is 0 Å². The second kappa shape index (κ2) is 12.5. The van der Waals surface area contributed by atoms with Crippen molar-refractivity contribution in [2.75, 3.05) is 13.1 Å². The molecule has 3 heteroatoms. The van der Waals surface area contributed by atoms with Crippen molar-refractivity contribution in [3.63, 3.8) is 0 Å². The Labute approximate surface area is 119 Å². The molecule has 0 aliphatic rings. The van der Waals surface area contributed by atoms with E-state index in [1.54, 1.807) is 0 Å². The Morgan fingerprint density at radius 1 is 1.11 bits per heavy atom. The van der Waals surface area contributed by atoms with E-state index < -0.39 is 0 Å². The van der Waals surface area contributed by atoms with Gasteiger partial charge in [0.15, 0.2) is 0 Å². The van der Waals surface area contributed by atoms with Gasteiger partial charge in [-0.05, 0) is 31.2 Å². The molecular weight excluding hydrogens is 236 g/mol. The van der Waals surface area contributed by atoms with Crippen LogP contribution in [0.2, 0.25) is 0 Å². The molecule has 0 saturated heterocycles. The molecule has 1 atom stereocenters. The number of nitrogens with one attached hydrogen (secondary N) is 1. The smallest absolute Gasteiger partial charge is 0.220 e. The van der Waals surface area contributed by atoms with Gasteiger partial charge in [0, 0.05) is 13.0 Å². The number of rotatable bonds is 12. The maximum atomic E-state index is 11.8. The number of nitrogens with two attached hydrogens (primary N) is 1. The molecule has 0 saturated carbocycles. The van der Waals surface area contributed by atoms with Gasteiger partial charge in [-0.25, -0.2) is 0 Å². The van der Waals surface area contributed by atoms with Gasteiger partial charge >= 0.3 is 0 Å². The van der Waals surface area contributed by atoms with Crippen LogP contribution in [0, 0.1) is 11.8 Å². The summed E-state index contributed by atoms with van der Waals surface area (Å²) in [5.74, 6) is 1.12. The van der Waals surface area contributed by atoms with Crippen molar-refractivity contribution in [3.8, 4) is 0 Å². The SMILES string of the molecule is CCCCCCCCNC(=O)C[C@@H](CN)CC(C)C. The van der Waals surface area contributed by atoms with Crippen LogP contribution in [-0.4, -0.2) is 19.0 Å². The van der Waals surface area contributed by atoms with Crippen molar-refractivity contribution in [2.45, 2.75) is 72.1 Å².